The molecule has 3 heteroatoms. The van der Waals surface area contributed by atoms with Gasteiger partial charge in [0.25, 0.3) is 0 Å². The Morgan fingerprint density at radius 2 is 1.71 bits per heavy atom. The molecule has 0 spiro atoms. The van der Waals surface area contributed by atoms with Crippen LogP contribution in [-0.4, -0.2) is 5.11 Å². The van der Waals surface area contributed by atoms with E-state index in [0.29, 0.717) is 5.56 Å². The summed E-state index contributed by atoms with van der Waals surface area (Å²) >= 11 is 1.47. The number of fused-ring (bicyclic) bond motifs is 1. The predicted molar refractivity (Wildman–Crippen MR) is 85.1 cm³/mol. The Hall–Kier alpha value is -1.84. The molecule has 0 radical (unpaired) electrons. The van der Waals surface area contributed by atoms with Crippen LogP contribution in [0.4, 0.5) is 4.39 Å². The largest absolute Gasteiger partial charge is 0.389 e. The summed E-state index contributed by atoms with van der Waals surface area (Å²) in [6.45, 7) is 1.59. The van der Waals surface area contributed by atoms with Gasteiger partial charge in [-0.05, 0) is 42.0 Å². The van der Waals surface area contributed by atoms with Crippen molar-refractivity contribution in [3.05, 3.63) is 72.0 Å². The molecule has 1 atom stereocenters. The molecule has 0 aliphatic rings. The van der Waals surface area contributed by atoms with E-state index < -0.39 is 6.10 Å². The van der Waals surface area contributed by atoms with Gasteiger partial charge in [-0.15, -0.1) is 0 Å². The van der Waals surface area contributed by atoms with E-state index in [2.05, 4.69) is 24.3 Å². The number of aliphatic hydroxyl groups is 1. The minimum absolute atomic E-state index is 0.357. The fraction of sp³-hybridized carbons (Fsp3) is 0.111. The van der Waals surface area contributed by atoms with Gasteiger partial charge in [0.05, 0.1) is 6.10 Å². The molecule has 0 bridgehead atoms. The zero-order valence-electron chi connectivity index (χ0n) is 11.6. The summed E-state index contributed by atoms with van der Waals surface area (Å²) in [7, 11) is 0. The molecule has 3 rings (SSSR count). The van der Waals surface area contributed by atoms with Crippen molar-refractivity contribution in [3.63, 3.8) is 0 Å². The summed E-state index contributed by atoms with van der Waals surface area (Å²) in [6, 6.07) is 19.2. The van der Waals surface area contributed by atoms with Crippen LogP contribution < -0.4 is 0 Å². The second kappa shape index (κ2) is 5.88. The number of hydrogen-bond acceptors (Lipinski definition) is 2. The van der Waals surface area contributed by atoms with Crippen molar-refractivity contribution < 1.29 is 9.50 Å². The van der Waals surface area contributed by atoms with Gasteiger partial charge in [0.1, 0.15) is 5.82 Å². The average Bonchev–Trinajstić information content (AvgIpc) is 2.47. The van der Waals surface area contributed by atoms with E-state index in [1.165, 1.54) is 23.2 Å². The van der Waals surface area contributed by atoms with Crippen LogP contribution in [0.15, 0.2) is 70.5 Å². The fourth-order valence-electron chi connectivity index (χ4n) is 2.37. The molecule has 0 aliphatic heterocycles. The highest BCUT2D eigenvalue weighted by molar-refractivity contribution is 7.99. The van der Waals surface area contributed by atoms with Crippen LogP contribution in [0.3, 0.4) is 0 Å². The molecule has 3 aromatic rings. The molecular formula is C18H15FOS. The summed E-state index contributed by atoms with van der Waals surface area (Å²) in [6.07, 6.45) is -0.825. The average molecular weight is 298 g/mol. The minimum atomic E-state index is -0.825. The fourth-order valence-corrected chi connectivity index (χ4v) is 3.47. The SMILES string of the molecule is C[C@H](O)c1c(F)cccc1Sc1ccc2ccccc2c1. The Bertz CT molecular complexity index is 783. The number of aliphatic hydroxyl groups excluding tert-OH is 1. The van der Waals surface area contributed by atoms with E-state index in [1.807, 2.05) is 24.3 Å². The molecule has 1 N–H and O–H groups in total. The van der Waals surface area contributed by atoms with Crippen molar-refractivity contribution in [2.75, 3.05) is 0 Å². The zero-order chi connectivity index (χ0) is 14.8. The van der Waals surface area contributed by atoms with Crippen LogP contribution in [0, 0.1) is 5.82 Å². The number of hydrogen-bond donors (Lipinski definition) is 1. The van der Waals surface area contributed by atoms with Gasteiger partial charge < -0.3 is 5.11 Å². The lowest BCUT2D eigenvalue weighted by atomic mass is 10.1. The van der Waals surface area contributed by atoms with Crippen LogP contribution in [-0.2, 0) is 0 Å². The first-order chi connectivity index (χ1) is 10.1. The van der Waals surface area contributed by atoms with Crippen LogP contribution >= 0.6 is 11.8 Å². The first-order valence-electron chi connectivity index (χ1n) is 6.78. The standard InChI is InChI=1S/C18H15FOS/c1-12(20)18-16(19)7-4-8-17(18)21-15-10-9-13-5-2-3-6-14(13)11-15/h2-12,20H,1H3/t12-/m0/s1. The lowest BCUT2D eigenvalue weighted by Crippen LogP contribution is -1.98. The molecule has 0 saturated heterocycles. The zero-order valence-corrected chi connectivity index (χ0v) is 12.4. The van der Waals surface area contributed by atoms with Gasteiger partial charge in [-0.3, -0.25) is 0 Å². The Balaban J connectivity index is 2.00. The molecular weight excluding hydrogens is 283 g/mol. The molecule has 0 heterocycles. The highest BCUT2D eigenvalue weighted by Crippen LogP contribution is 2.35. The third-order valence-electron chi connectivity index (χ3n) is 3.38. The Labute approximate surface area is 127 Å². The van der Waals surface area contributed by atoms with Gasteiger partial charge in [-0.25, -0.2) is 4.39 Å². The molecule has 21 heavy (non-hydrogen) atoms. The molecule has 0 aromatic heterocycles. The molecule has 0 aliphatic carbocycles. The maximum Gasteiger partial charge on any atom is 0.130 e. The first kappa shape index (κ1) is 14.1. The van der Waals surface area contributed by atoms with Crippen LogP contribution in [0.5, 0.6) is 0 Å². The van der Waals surface area contributed by atoms with Crippen molar-refractivity contribution in [3.8, 4) is 0 Å². The van der Waals surface area contributed by atoms with E-state index in [9.17, 15) is 9.50 Å². The Kier molecular flexibility index (Phi) is 3.95. The summed E-state index contributed by atoms with van der Waals surface area (Å²) in [5, 5.41) is 12.1. The van der Waals surface area contributed by atoms with Crippen LogP contribution in [0.2, 0.25) is 0 Å². The maximum atomic E-state index is 13.9. The van der Waals surface area contributed by atoms with Crippen molar-refractivity contribution in [2.24, 2.45) is 0 Å². The third kappa shape index (κ3) is 2.94. The first-order valence-corrected chi connectivity index (χ1v) is 7.60. The molecule has 0 saturated carbocycles. The van der Waals surface area contributed by atoms with Crippen molar-refractivity contribution in [1.29, 1.82) is 0 Å². The summed E-state index contributed by atoms with van der Waals surface area (Å²) in [4.78, 5) is 1.78. The predicted octanol–water partition coefficient (Wildman–Crippen LogP) is 5.18. The molecule has 106 valence electrons. The van der Waals surface area contributed by atoms with E-state index in [4.69, 9.17) is 0 Å². The van der Waals surface area contributed by atoms with Gasteiger partial charge in [0, 0.05) is 15.4 Å². The smallest absolute Gasteiger partial charge is 0.130 e. The maximum absolute atomic E-state index is 13.9. The van der Waals surface area contributed by atoms with E-state index in [1.54, 1.807) is 13.0 Å². The minimum Gasteiger partial charge on any atom is -0.389 e. The van der Waals surface area contributed by atoms with Gasteiger partial charge >= 0.3 is 0 Å². The van der Waals surface area contributed by atoms with Crippen molar-refractivity contribution in [1.82, 2.24) is 0 Å². The lowest BCUT2D eigenvalue weighted by molar-refractivity contribution is 0.191. The highest BCUT2D eigenvalue weighted by Gasteiger charge is 2.14. The quantitative estimate of drug-likeness (QED) is 0.718. The van der Waals surface area contributed by atoms with E-state index in [-0.39, 0.29) is 5.82 Å². The molecule has 0 amide bonds. The van der Waals surface area contributed by atoms with Crippen LogP contribution in [0.25, 0.3) is 10.8 Å². The Morgan fingerprint density at radius 1 is 0.952 bits per heavy atom. The van der Waals surface area contributed by atoms with E-state index in [0.717, 1.165) is 15.2 Å². The van der Waals surface area contributed by atoms with Crippen LogP contribution in [0.1, 0.15) is 18.6 Å². The second-order valence-corrected chi connectivity index (χ2v) is 6.05. The molecule has 1 nitrogen and oxygen atoms in total. The summed E-state index contributed by atoms with van der Waals surface area (Å²) in [5.41, 5.74) is 0.357. The number of rotatable bonds is 3. The van der Waals surface area contributed by atoms with Gasteiger partial charge in [-0.2, -0.15) is 0 Å². The molecule has 3 aromatic carbocycles. The third-order valence-corrected chi connectivity index (χ3v) is 4.44. The molecule has 0 unspecified atom stereocenters. The van der Waals surface area contributed by atoms with E-state index >= 15 is 0 Å². The monoisotopic (exact) mass is 298 g/mol. The second-order valence-electron chi connectivity index (χ2n) is 4.94. The lowest BCUT2D eigenvalue weighted by Gasteiger charge is -2.13. The Morgan fingerprint density at radius 3 is 2.48 bits per heavy atom. The van der Waals surface area contributed by atoms with Gasteiger partial charge in [0.2, 0.25) is 0 Å². The number of benzene rings is 3. The number of halogens is 1. The highest BCUT2D eigenvalue weighted by atomic mass is 32.2. The normalized spacial score (nSPS) is 12.5. The van der Waals surface area contributed by atoms with Crippen molar-refractivity contribution >= 4 is 22.5 Å². The summed E-state index contributed by atoms with van der Waals surface area (Å²) in [5.74, 6) is -0.365. The molecule has 0 fully saturated rings. The van der Waals surface area contributed by atoms with Gasteiger partial charge in [-0.1, -0.05) is 48.2 Å². The summed E-state index contributed by atoms with van der Waals surface area (Å²) < 4.78 is 13.9. The topological polar surface area (TPSA) is 20.2 Å². The van der Waals surface area contributed by atoms with Crippen molar-refractivity contribution in [2.45, 2.75) is 22.8 Å². The van der Waals surface area contributed by atoms with Gasteiger partial charge in [0.15, 0.2) is 0 Å².